The molecule has 1 saturated heterocycles. The second kappa shape index (κ2) is 12.6. The normalized spacial score (nSPS) is 37.1. The fourth-order valence-corrected chi connectivity index (χ4v) is 5.60. The van der Waals surface area contributed by atoms with Crippen LogP contribution in [0.5, 0.6) is 0 Å². The molecule has 7 N–H and O–H groups in total. The van der Waals surface area contributed by atoms with Crippen LogP contribution < -0.4 is 4.72 Å². The predicted molar refractivity (Wildman–Crippen MR) is 115 cm³/mol. The van der Waals surface area contributed by atoms with Crippen molar-refractivity contribution >= 4 is 37.1 Å². The van der Waals surface area contributed by atoms with E-state index in [2.05, 4.69) is 8.37 Å². The Morgan fingerprint density at radius 2 is 1.53 bits per heavy atom. The van der Waals surface area contributed by atoms with Crippen molar-refractivity contribution in [2.45, 2.75) is 61.5 Å². The van der Waals surface area contributed by atoms with E-state index in [-0.39, 0.29) is 0 Å². The molecule has 2 aliphatic rings. The zero-order valence-corrected chi connectivity index (χ0v) is 21.9. The summed E-state index contributed by atoms with van der Waals surface area (Å²) in [6.45, 7) is -1.12. The first-order valence-corrected chi connectivity index (χ1v) is 14.4. The van der Waals surface area contributed by atoms with Crippen LogP contribution in [-0.2, 0) is 63.2 Å². The van der Waals surface area contributed by atoms with Gasteiger partial charge < -0.3 is 34.3 Å². The van der Waals surface area contributed by atoms with Crippen molar-refractivity contribution in [1.82, 2.24) is 4.72 Å². The molecule has 2 rings (SSSR count). The van der Waals surface area contributed by atoms with Crippen molar-refractivity contribution in [2.24, 2.45) is 5.92 Å². The number of carboxylic acids is 1. The average Bonchev–Trinajstić information content (AvgIpc) is 2.75. The Labute approximate surface area is 216 Å². The van der Waals surface area contributed by atoms with Gasteiger partial charge in [0, 0.05) is 14.2 Å². The topological polar surface area (TPSA) is 308 Å². The van der Waals surface area contributed by atoms with Crippen molar-refractivity contribution in [3.8, 4) is 0 Å². The summed E-state index contributed by atoms with van der Waals surface area (Å²) in [5, 5.41) is 31.0. The van der Waals surface area contributed by atoms with Gasteiger partial charge in [-0.05, 0) is 6.42 Å². The Hall–Kier alpha value is -1.16. The van der Waals surface area contributed by atoms with Crippen LogP contribution in [0.4, 0.5) is 0 Å². The van der Waals surface area contributed by atoms with E-state index in [0.717, 1.165) is 14.2 Å². The highest BCUT2D eigenvalue weighted by atomic mass is 32.3. The SMILES string of the molecule is CO[C@H]1OC(COS(=O)(=O)O)[C@H](O[C@@H]2CC(C(=O)O)[C@@H](OC)C(O)C2OS(=O)(=O)O)C(O)C1NS(=O)(=O)O. The van der Waals surface area contributed by atoms with Crippen LogP contribution in [0.3, 0.4) is 0 Å². The number of methoxy groups -OCH3 is 2. The molecule has 1 heterocycles. The van der Waals surface area contributed by atoms with Crippen molar-refractivity contribution in [3.63, 3.8) is 0 Å². The molecule has 0 radical (unpaired) electrons. The molecule has 0 aromatic rings. The molecule has 2 fully saturated rings. The van der Waals surface area contributed by atoms with Crippen molar-refractivity contribution in [3.05, 3.63) is 0 Å². The van der Waals surface area contributed by atoms with Crippen molar-refractivity contribution in [2.75, 3.05) is 20.8 Å². The van der Waals surface area contributed by atoms with Crippen molar-refractivity contribution < 1.29 is 86.3 Å². The quantitative estimate of drug-likeness (QED) is 0.101. The van der Waals surface area contributed by atoms with Crippen molar-refractivity contribution in [1.29, 1.82) is 0 Å². The first-order valence-electron chi connectivity index (χ1n) is 10.3. The first kappa shape index (κ1) is 33.0. The molecule has 0 amide bonds. The number of carboxylic acid groups (broad SMARTS) is 1. The molecule has 1 aliphatic carbocycles. The molecule has 6 unspecified atom stereocenters. The predicted octanol–water partition coefficient (Wildman–Crippen LogP) is -4.28. The monoisotopic (exact) mass is 621 g/mol. The van der Waals surface area contributed by atoms with Gasteiger partial charge in [0.05, 0.1) is 24.7 Å². The average molecular weight is 622 g/mol. The molecule has 0 spiro atoms. The summed E-state index contributed by atoms with van der Waals surface area (Å²) in [7, 11) is -13.5. The number of hydrogen-bond acceptors (Lipinski definition) is 15. The van der Waals surface area contributed by atoms with E-state index in [1.807, 2.05) is 0 Å². The summed E-state index contributed by atoms with van der Waals surface area (Å²) in [5.41, 5.74) is 0. The molecule has 224 valence electrons. The number of ether oxygens (including phenoxy) is 4. The van der Waals surface area contributed by atoms with Crippen LogP contribution in [-0.4, -0.2) is 136 Å². The summed E-state index contributed by atoms with van der Waals surface area (Å²) < 4.78 is 126. The minimum atomic E-state index is -5.32. The van der Waals surface area contributed by atoms with Gasteiger partial charge in [-0.15, -0.1) is 0 Å². The lowest BCUT2D eigenvalue weighted by atomic mass is 9.80. The Balaban J connectivity index is 2.52. The summed E-state index contributed by atoms with van der Waals surface area (Å²) in [6.07, 6.45) is -15.9. The van der Waals surface area contributed by atoms with Gasteiger partial charge in [0.1, 0.15) is 36.6 Å². The molecule has 0 bridgehead atoms. The van der Waals surface area contributed by atoms with E-state index in [4.69, 9.17) is 23.5 Å². The Morgan fingerprint density at radius 1 is 0.921 bits per heavy atom. The maximum atomic E-state index is 11.8. The molecule has 1 saturated carbocycles. The summed E-state index contributed by atoms with van der Waals surface area (Å²) >= 11 is 0. The highest BCUT2D eigenvalue weighted by Gasteiger charge is 2.54. The zero-order chi connectivity index (χ0) is 29.2. The van der Waals surface area contributed by atoms with Crippen LogP contribution in [0.1, 0.15) is 6.42 Å². The van der Waals surface area contributed by atoms with Crippen LogP contribution in [0.15, 0.2) is 0 Å². The molecule has 20 nitrogen and oxygen atoms in total. The Morgan fingerprint density at radius 3 is 1.97 bits per heavy atom. The van der Waals surface area contributed by atoms with E-state index in [0.29, 0.717) is 0 Å². The van der Waals surface area contributed by atoms with Gasteiger partial charge in [-0.3, -0.25) is 18.5 Å². The fraction of sp³-hybridized carbons (Fsp3) is 0.933. The molecule has 0 aromatic heterocycles. The third-order valence-electron chi connectivity index (χ3n) is 5.65. The van der Waals surface area contributed by atoms with E-state index < -0.39 is 111 Å². The number of aliphatic hydroxyl groups is 2. The number of rotatable bonds is 12. The molecular formula is C15H27NO19S3. The summed E-state index contributed by atoms with van der Waals surface area (Å²) in [5.74, 6) is -3.14. The molecule has 0 aromatic carbocycles. The van der Waals surface area contributed by atoms with Gasteiger partial charge >= 0.3 is 37.1 Å². The minimum absolute atomic E-state index is 0.704. The highest BCUT2D eigenvalue weighted by molar-refractivity contribution is 7.83. The van der Waals surface area contributed by atoms with Crippen LogP contribution >= 0.6 is 0 Å². The smallest absolute Gasteiger partial charge is 0.397 e. The zero-order valence-electron chi connectivity index (χ0n) is 19.4. The first-order chi connectivity index (χ1) is 17.3. The number of aliphatic carboxylic acids is 1. The third-order valence-corrected chi connectivity index (χ3v) is 7.12. The summed E-state index contributed by atoms with van der Waals surface area (Å²) in [6, 6.07) is -1.88. The van der Waals surface area contributed by atoms with Gasteiger partial charge in [-0.2, -0.15) is 30.0 Å². The van der Waals surface area contributed by atoms with Gasteiger partial charge in [0.25, 0.3) is 0 Å². The lowest BCUT2D eigenvalue weighted by Crippen LogP contribution is -2.67. The largest absolute Gasteiger partial charge is 0.481 e. The molecule has 1 aliphatic heterocycles. The van der Waals surface area contributed by atoms with Crippen LogP contribution in [0.25, 0.3) is 0 Å². The van der Waals surface area contributed by atoms with Gasteiger partial charge in [-0.1, -0.05) is 0 Å². The van der Waals surface area contributed by atoms with Gasteiger partial charge in [0.15, 0.2) is 6.29 Å². The maximum Gasteiger partial charge on any atom is 0.397 e. The number of hydrogen-bond donors (Lipinski definition) is 7. The standard InChI is InChI=1S/C15H27NO19S3/c1-30-11-5(14(19)20)3-6(13(10(11)18)35-38(27,28)29)33-12-7(4-32-37(24,25)26)34-15(31-2)8(9(12)17)16-36(21,22)23/h5-13,15-18H,3-4H2,1-2H3,(H,19,20)(H,21,22,23)(H,24,25,26)(H,27,28,29)/t5?,6-,7?,8?,9?,10?,11-,12+,13?,15+/m1/s1. The molecule has 23 heteroatoms. The van der Waals surface area contributed by atoms with Gasteiger partial charge in [0.2, 0.25) is 0 Å². The Bertz CT molecular complexity index is 1140. The van der Waals surface area contributed by atoms with Gasteiger partial charge in [-0.25, -0.2) is 8.37 Å². The minimum Gasteiger partial charge on any atom is -0.481 e. The molecular weight excluding hydrogens is 594 g/mol. The lowest BCUT2D eigenvalue weighted by Gasteiger charge is -2.47. The second-order valence-corrected chi connectivity index (χ2v) is 11.4. The van der Waals surface area contributed by atoms with E-state index in [9.17, 15) is 54.5 Å². The van der Waals surface area contributed by atoms with Crippen LogP contribution in [0.2, 0.25) is 0 Å². The summed E-state index contributed by atoms with van der Waals surface area (Å²) in [4.78, 5) is 11.8. The van der Waals surface area contributed by atoms with E-state index in [1.165, 1.54) is 0 Å². The fourth-order valence-electron chi connectivity index (χ4n) is 4.18. The third kappa shape index (κ3) is 8.93. The van der Waals surface area contributed by atoms with Crippen LogP contribution in [0, 0.1) is 5.92 Å². The lowest BCUT2D eigenvalue weighted by molar-refractivity contribution is -0.287. The highest BCUT2D eigenvalue weighted by Crippen LogP contribution is 2.35. The molecule has 10 atom stereocenters. The number of carbonyl (C=O) groups is 1. The van der Waals surface area contributed by atoms with E-state index in [1.54, 1.807) is 4.72 Å². The number of nitrogens with one attached hydrogen (secondary N) is 1. The van der Waals surface area contributed by atoms with E-state index >= 15 is 0 Å². The molecule has 38 heavy (non-hydrogen) atoms. The maximum absolute atomic E-state index is 11.8. The second-order valence-electron chi connectivity index (χ2n) is 8.10. The Kier molecular flexibility index (Phi) is 10.9. The number of aliphatic hydroxyl groups excluding tert-OH is 2.